The molecule has 1 atom stereocenters. The molecule has 0 saturated carbocycles. The van der Waals surface area contributed by atoms with E-state index in [1.807, 2.05) is 38.1 Å². The van der Waals surface area contributed by atoms with E-state index in [-0.39, 0.29) is 11.5 Å². The van der Waals surface area contributed by atoms with Crippen molar-refractivity contribution in [1.29, 1.82) is 0 Å². The number of carbonyl (C=O) groups excluding carboxylic acids is 2. The minimum atomic E-state index is -1.06. The highest BCUT2D eigenvalue weighted by molar-refractivity contribution is 6.07. The van der Waals surface area contributed by atoms with Crippen LogP contribution in [0.4, 0.5) is 15.9 Å². The Morgan fingerprint density at radius 3 is 2.79 bits per heavy atom. The molecule has 5 rings (SSSR count). The highest BCUT2D eigenvalue weighted by Crippen LogP contribution is 2.41. The monoisotopic (exact) mass is 458 g/mol. The van der Waals surface area contributed by atoms with Crippen LogP contribution >= 0.6 is 0 Å². The summed E-state index contributed by atoms with van der Waals surface area (Å²) in [7, 11) is 1.57. The number of carbonyl (C=O) groups is 2. The number of hydrogen-bond donors (Lipinski definition) is 2. The van der Waals surface area contributed by atoms with Gasteiger partial charge >= 0.3 is 0 Å². The van der Waals surface area contributed by atoms with Gasteiger partial charge in [-0.1, -0.05) is 18.2 Å². The van der Waals surface area contributed by atoms with Crippen molar-refractivity contribution in [1.82, 2.24) is 9.38 Å². The van der Waals surface area contributed by atoms with E-state index in [2.05, 4.69) is 10.6 Å². The number of ether oxygens (including phenoxy) is 1. The van der Waals surface area contributed by atoms with E-state index < -0.39 is 17.1 Å². The number of anilines is 2. The largest absolute Gasteiger partial charge is 0.497 e. The Bertz CT molecular complexity index is 1460. The molecule has 1 aliphatic heterocycles. The molecule has 2 aromatic carbocycles. The first-order valence-electron chi connectivity index (χ1n) is 10.8. The van der Waals surface area contributed by atoms with Gasteiger partial charge in [-0.05, 0) is 61.7 Å². The SMILES string of the molecule is COc1ccc2c(c1)NC(=O)C(C)(c1nc3c(C)cccn3c1NC(=O)c1cccc(F)c1)C2. The molecule has 1 aliphatic rings. The van der Waals surface area contributed by atoms with Crippen molar-refractivity contribution < 1.29 is 18.7 Å². The summed E-state index contributed by atoms with van der Waals surface area (Å²) in [6.07, 6.45) is 2.16. The van der Waals surface area contributed by atoms with Crippen LogP contribution in [0.1, 0.15) is 34.1 Å². The third-order valence-electron chi connectivity index (χ3n) is 6.30. The number of nitrogens with zero attached hydrogens (tertiary/aromatic N) is 2. The number of methoxy groups -OCH3 is 1. The molecule has 4 aromatic rings. The van der Waals surface area contributed by atoms with E-state index in [9.17, 15) is 14.0 Å². The van der Waals surface area contributed by atoms with Crippen LogP contribution in [0.5, 0.6) is 5.75 Å². The van der Waals surface area contributed by atoms with Crippen LogP contribution in [-0.2, 0) is 16.6 Å². The fraction of sp³-hybridized carbons (Fsp3) is 0.192. The van der Waals surface area contributed by atoms with Crippen LogP contribution in [0.25, 0.3) is 5.65 Å². The number of pyridine rings is 1. The number of fused-ring (bicyclic) bond motifs is 2. The zero-order chi connectivity index (χ0) is 24.0. The maximum Gasteiger partial charge on any atom is 0.256 e. The second-order valence-electron chi connectivity index (χ2n) is 8.64. The standard InChI is InChI=1S/C26H23FN4O3/c1-15-6-5-11-31-22(15)29-21(23(31)30-24(32)16-7-4-8-18(27)12-16)26(2)14-17-9-10-19(34-3)13-20(17)28-25(26)33/h4-13H,14H2,1-3H3,(H,28,33)(H,30,32). The number of nitrogens with one attached hydrogen (secondary N) is 2. The van der Waals surface area contributed by atoms with Gasteiger partial charge in [0.05, 0.1) is 18.2 Å². The van der Waals surface area contributed by atoms with E-state index in [4.69, 9.17) is 9.72 Å². The minimum absolute atomic E-state index is 0.171. The Morgan fingerprint density at radius 1 is 1.21 bits per heavy atom. The first-order valence-corrected chi connectivity index (χ1v) is 10.8. The van der Waals surface area contributed by atoms with Gasteiger partial charge in [0.25, 0.3) is 5.91 Å². The summed E-state index contributed by atoms with van der Waals surface area (Å²) in [6.45, 7) is 3.72. The number of imidazole rings is 1. The number of hydrogen-bond acceptors (Lipinski definition) is 4. The van der Waals surface area contributed by atoms with Gasteiger partial charge < -0.3 is 15.4 Å². The predicted octanol–water partition coefficient (Wildman–Crippen LogP) is 4.50. The molecule has 2 amide bonds. The molecule has 1 unspecified atom stereocenters. The predicted molar refractivity (Wildman–Crippen MR) is 127 cm³/mol. The second-order valence-corrected chi connectivity index (χ2v) is 8.64. The van der Waals surface area contributed by atoms with Gasteiger partial charge in [-0.15, -0.1) is 0 Å². The zero-order valence-electron chi connectivity index (χ0n) is 19.0. The van der Waals surface area contributed by atoms with Gasteiger partial charge in [0.2, 0.25) is 5.91 Å². The number of rotatable bonds is 4. The second kappa shape index (κ2) is 7.98. The molecule has 7 nitrogen and oxygen atoms in total. The number of benzene rings is 2. The topological polar surface area (TPSA) is 84.7 Å². The number of halogens is 1. The molecular formula is C26H23FN4O3. The molecule has 0 bridgehead atoms. The summed E-state index contributed by atoms with van der Waals surface area (Å²) in [4.78, 5) is 31.3. The van der Waals surface area contributed by atoms with E-state index in [1.165, 1.54) is 24.3 Å². The molecule has 2 aromatic heterocycles. The average molecular weight is 458 g/mol. The lowest BCUT2D eigenvalue weighted by atomic mass is 9.76. The van der Waals surface area contributed by atoms with Crippen molar-refractivity contribution in [3.63, 3.8) is 0 Å². The van der Waals surface area contributed by atoms with Crippen molar-refractivity contribution in [3.05, 3.63) is 89.0 Å². The summed E-state index contributed by atoms with van der Waals surface area (Å²) in [5.41, 5.74) is 2.67. The summed E-state index contributed by atoms with van der Waals surface area (Å²) < 4.78 is 20.8. The van der Waals surface area contributed by atoms with E-state index in [0.29, 0.717) is 35.0 Å². The Balaban J connectivity index is 1.63. The minimum Gasteiger partial charge on any atom is -0.497 e. The van der Waals surface area contributed by atoms with Gasteiger partial charge in [-0.3, -0.25) is 14.0 Å². The Labute approximate surface area is 195 Å². The van der Waals surface area contributed by atoms with Crippen molar-refractivity contribution >= 4 is 29.0 Å². The Morgan fingerprint density at radius 2 is 2.03 bits per heavy atom. The molecular weight excluding hydrogens is 435 g/mol. The lowest BCUT2D eigenvalue weighted by Crippen LogP contribution is -2.44. The Hall–Kier alpha value is -4.20. The first-order chi connectivity index (χ1) is 16.3. The van der Waals surface area contributed by atoms with E-state index in [1.54, 1.807) is 23.8 Å². The molecule has 0 aliphatic carbocycles. The van der Waals surface area contributed by atoms with Crippen LogP contribution < -0.4 is 15.4 Å². The van der Waals surface area contributed by atoms with Crippen molar-refractivity contribution in [2.75, 3.05) is 17.7 Å². The molecule has 34 heavy (non-hydrogen) atoms. The summed E-state index contributed by atoms with van der Waals surface area (Å²) in [6, 6.07) is 14.8. The molecule has 8 heteroatoms. The Kier molecular flexibility index (Phi) is 5.08. The summed E-state index contributed by atoms with van der Waals surface area (Å²) in [5.74, 6) is -0.214. The van der Waals surface area contributed by atoms with Gasteiger partial charge in [0.15, 0.2) is 0 Å². The molecule has 3 heterocycles. The lowest BCUT2D eigenvalue weighted by molar-refractivity contribution is -0.121. The van der Waals surface area contributed by atoms with Crippen LogP contribution in [0, 0.1) is 12.7 Å². The smallest absolute Gasteiger partial charge is 0.256 e. The third-order valence-corrected chi connectivity index (χ3v) is 6.30. The first kappa shape index (κ1) is 21.6. The molecule has 0 fully saturated rings. The van der Waals surface area contributed by atoms with Crippen LogP contribution in [0.15, 0.2) is 60.8 Å². The van der Waals surface area contributed by atoms with Crippen LogP contribution in [0.2, 0.25) is 0 Å². The highest BCUT2D eigenvalue weighted by atomic mass is 19.1. The van der Waals surface area contributed by atoms with Crippen molar-refractivity contribution in [2.24, 2.45) is 0 Å². The van der Waals surface area contributed by atoms with Gasteiger partial charge in [-0.2, -0.15) is 0 Å². The fourth-order valence-corrected chi connectivity index (χ4v) is 4.38. The maximum absolute atomic E-state index is 13.7. The van der Waals surface area contributed by atoms with Crippen molar-refractivity contribution in [3.8, 4) is 5.75 Å². The van der Waals surface area contributed by atoms with Gasteiger partial charge in [0, 0.05) is 23.5 Å². The lowest BCUT2D eigenvalue weighted by Gasteiger charge is -2.33. The van der Waals surface area contributed by atoms with Crippen LogP contribution in [0.3, 0.4) is 0 Å². The maximum atomic E-state index is 13.7. The van der Waals surface area contributed by atoms with Crippen molar-refractivity contribution in [2.45, 2.75) is 25.7 Å². The van der Waals surface area contributed by atoms with Gasteiger partial charge in [0.1, 0.15) is 23.0 Å². The molecule has 172 valence electrons. The quantitative estimate of drug-likeness (QED) is 0.472. The summed E-state index contributed by atoms with van der Waals surface area (Å²) >= 11 is 0. The number of aromatic nitrogens is 2. The van der Waals surface area contributed by atoms with E-state index >= 15 is 0 Å². The average Bonchev–Trinajstić information content (AvgIpc) is 3.20. The van der Waals surface area contributed by atoms with Gasteiger partial charge in [-0.25, -0.2) is 9.37 Å². The molecule has 2 N–H and O–H groups in total. The normalized spacial score (nSPS) is 17.2. The zero-order valence-corrected chi connectivity index (χ0v) is 19.0. The number of aryl methyl sites for hydroxylation is 1. The molecule has 0 saturated heterocycles. The van der Waals surface area contributed by atoms with Crippen LogP contribution in [-0.4, -0.2) is 28.3 Å². The highest BCUT2D eigenvalue weighted by Gasteiger charge is 2.44. The fourth-order valence-electron chi connectivity index (χ4n) is 4.38. The molecule has 0 radical (unpaired) electrons. The van der Waals surface area contributed by atoms with E-state index in [0.717, 1.165) is 11.1 Å². The molecule has 0 spiro atoms. The third kappa shape index (κ3) is 3.48. The summed E-state index contributed by atoms with van der Waals surface area (Å²) in [5, 5.41) is 5.86. The number of amides is 2.